The summed E-state index contributed by atoms with van der Waals surface area (Å²) in [6, 6.07) is 0. The van der Waals surface area contributed by atoms with E-state index in [-0.39, 0.29) is 18.1 Å². The predicted octanol–water partition coefficient (Wildman–Crippen LogP) is 0.531. The first kappa shape index (κ1) is 14.3. The van der Waals surface area contributed by atoms with Gasteiger partial charge in [-0.25, -0.2) is 0 Å². The topological polar surface area (TPSA) is 93.4 Å². The Balaban J connectivity index is 1.56. The highest BCUT2D eigenvalue weighted by molar-refractivity contribution is 6.30. The lowest BCUT2D eigenvalue weighted by Gasteiger charge is -2.23. The molecule has 114 valence electrons. The van der Waals surface area contributed by atoms with Crippen LogP contribution in [0.1, 0.15) is 12.8 Å². The maximum absolute atomic E-state index is 12.2. The van der Waals surface area contributed by atoms with Crippen molar-refractivity contribution in [3.05, 3.63) is 17.4 Å². The van der Waals surface area contributed by atoms with E-state index in [0.29, 0.717) is 18.1 Å². The third kappa shape index (κ3) is 2.75. The molecular weight excluding hydrogens is 298 g/mol. The lowest BCUT2D eigenvalue weighted by Crippen LogP contribution is -2.44. The number of aromatic nitrogens is 2. The van der Waals surface area contributed by atoms with E-state index in [9.17, 15) is 14.7 Å². The van der Waals surface area contributed by atoms with Crippen molar-refractivity contribution < 1.29 is 19.4 Å². The molecule has 1 aromatic heterocycles. The molecule has 3 heterocycles. The van der Waals surface area contributed by atoms with E-state index in [4.69, 9.17) is 16.3 Å². The number of aliphatic carboxylic acids is 1. The minimum absolute atomic E-state index is 0.257. The molecule has 21 heavy (non-hydrogen) atoms. The van der Waals surface area contributed by atoms with E-state index in [0.717, 1.165) is 12.8 Å². The number of amides is 1. The molecule has 8 heteroatoms. The molecule has 0 radical (unpaired) electrons. The molecule has 2 N–H and O–H groups in total. The van der Waals surface area contributed by atoms with Crippen LogP contribution in [0.3, 0.4) is 0 Å². The van der Waals surface area contributed by atoms with E-state index < -0.39 is 17.8 Å². The van der Waals surface area contributed by atoms with Gasteiger partial charge in [-0.15, -0.1) is 0 Å². The first-order valence-electron chi connectivity index (χ1n) is 6.90. The number of rotatable bonds is 5. The summed E-state index contributed by atoms with van der Waals surface area (Å²) in [4.78, 5) is 23.6. The lowest BCUT2D eigenvalue weighted by molar-refractivity contribution is -0.147. The Morgan fingerprint density at radius 1 is 1.43 bits per heavy atom. The predicted molar refractivity (Wildman–Crippen MR) is 72.8 cm³/mol. The summed E-state index contributed by atoms with van der Waals surface area (Å²) in [5, 5.41) is 16.6. The van der Waals surface area contributed by atoms with Gasteiger partial charge >= 0.3 is 5.97 Å². The normalized spacial score (nSPS) is 30.5. The average Bonchev–Trinajstić information content (AvgIpc) is 3.13. The van der Waals surface area contributed by atoms with Crippen LogP contribution in [-0.4, -0.2) is 45.5 Å². The average molecular weight is 314 g/mol. The van der Waals surface area contributed by atoms with Gasteiger partial charge in [-0.1, -0.05) is 11.6 Å². The Hall–Kier alpha value is -1.60. The number of hydrogen-bond acceptors (Lipinski definition) is 4. The fourth-order valence-corrected chi connectivity index (χ4v) is 3.35. The highest BCUT2D eigenvalue weighted by atomic mass is 35.5. The Morgan fingerprint density at radius 3 is 2.76 bits per heavy atom. The van der Waals surface area contributed by atoms with Crippen LogP contribution >= 0.6 is 11.6 Å². The quantitative estimate of drug-likeness (QED) is 0.827. The number of nitrogens with zero attached hydrogens (tertiary/aromatic N) is 2. The first-order chi connectivity index (χ1) is 10.1. The Morgan fingerprint density at radius 2 is 2.14 bits per heavy atom. The van der Waals surface area contributed by atoms with E-state index >= 15 is 0 Å². The number of hydrogen-bond donors (Lipinski definition) is 2. The minimum Gasteiger partial charge on any atom is -0.481 e. The number of carboxylic acids is 1. The molecule has 0 saturated carbocycles. The fourth-order valence-electron chi connectivity index (χ4n) is 3.20. The molecule has 0 spiro atoms. The molecule has 4 atom stereocenters. The number of fused-ring (bicyclic) bond motifs is 2. The zero-order chi connectivity index (χ0) is 15.0. The largest absolute Gasteiger partial charge is 0.481 e. The van der Waals surface area contributed by atoms with Crippen molar-refractivity contribution >= 4 is 23.5 Å². The van der Waals surface area contributed by atoms with Gasteiger partial charge in [-0.3, -0.25) is 14.3 Å². The summed E-state index contributed by atoms with van der Waals surface area (Å²) < 4.78 is 7.19. The molecule has 7 nitrogen and oxygen atoms in total. The molecular formula is C13H16ClN3O4. The standard InChI is InChI=1S/C13H16ClN3O4/c14-7-5-16-17(6-7)4-3-15-12(18)10-8-1-2-9(21-8)11(10)13(19)20/h5-6,8-11H,1-4H2,(H,15,18)(H,19,20)/t8-,9-,10-,11+/m1/s1. The number of carbonyl (C=O) groups excluding carboxylic acids is 1. The van der Waals surface area contributed by atoms with Crippen molar-refractivity contribution in [2.24, 2.45) is 11.8 Å². The number of carbonyl (C=O) groups is 2. The van der Waals surface area contributed by atoms with Crippen molar-refractivity contribution in [3.63, 3.8) is 0 Å². The molecule has 1 amide bonds. The second-order valence-electron chi connectivity index (χ2n) is 5.39. The summed E-state index contributed by atoms with van der Waals surface area (Å²) in [6.07, 6.45) is 4.06. The number of ether oxygens (including phenoxy) is 1. The Kier molecular flexibility index (Phi) is 3.86. The molecule has 0 aliphatic carbocycles. The Labute approximate surface area is 126 Å². The van der Waals surface area contributed by atoms with Crippen LogP contribution in [0.25, 0.3) is 0 Å². The van der Waals surface area contributed by atoms with E-state index in [1.807, 2.05) is 0 Å². The van der Waals surface area contributed by atoms with Crippen molar-refractivity contribution in [1.29, 1.82) is 0 Å². The van der Waals surface area contributed by atoms with Crippen LogP contribution in [0, 0.1) is 11.8 Å². The second-order valence-corrected chi connectivity index (χ2v) is 5.83. The summed E-state index contributed by atoms with van der Waals surface area (Å²) in [5.74, 6) is -2.54. The van der Waals surface area contributed by atoms with Crippen molar-refractivity contribution in [2.75, 3.05) is 6.54 Å². The van der Waals surface area contributed by atoms with Gasteiger partial charge in [-0.2, -0.15) is 5.10 Å². The molecule has 2 aliphatic rings. The smallest absolute Gasteiger partial charge is 0.310 e. The molecule has 1 aromatic rings. The fraction of sp³-hybridized carbons (Fsp3) is 0.615. The van der Waals surface area contributed by atoms with E-state index in [2.05, 4.69) is 10.4 Å². The number of nitrogens with one attached hydrogen (secondary N) is 1. The Bertz CT molecular complexity index is 561. The number of carboxylic acid groups (broad SMARTS) is 1. The van der Waals surface area contributed by atoms with Crippen LogP contribution in [0.15, 0.2) is 12.4 Å². The van der Waals surface area contributed by atoms with Crippen molar-refractivity contribution in [1.82, 2.24) is 15.1 Å². The minimum atomic E-state index is -0.957. The molecule has 0 unspecified atom stereocenters. The molecule has 2 aliphatic heterocycles. The maximum atomic E-state index is 12.2. The van der Waals surface area contributed by atoms with Crippen LogP contribution in [0.4, 0.5) is 0 Å². The molecule has 2 saturated heterocycles. The van der Waals surface area contributed by atoms with Crippen molar-refractivity contribution in [2.45, 2.75) is 31.6 Å². The third-order valence-corrected chi connectivity index (χ3v) is 4.30. The van der Waals surface area contributed by atoms with Gasteiger partial charge in [0.1, 0.15) is 0 Å². The highest BCUT2D eigenvalue weighted by Crippen LogP contribution is 2.43. The summed E-state index contributed by atoms with van der Waals surface area (Å²) in [6.45, 7) is 0.856. The number of halogens is 1. The summed E-state index contributed by atoms with van der Waals surface area (Å²) in [7, 11) is 0. The van der Waals surface area contributed by atoms with Crippen LogP contribution in [-0.2, 0) is 20.9 Å². The first-order valence-corrected chi connectivity index (χ1v) is 7.28. The molecule has 0 aromatic carbocycles. The van der Waals surface area contributed by atoms with Gasteiger partial charge in [0.05, 0.1) is 41.8 Å². The molecule has 3 rings (SSSR count). The third-order valence-electron chi connectivity index (χ3n) is 4.10. The van der Waals surface area contributed by atoms with Crippen LogP contribution in [0.2, 0.25) is 5.02 Å². The van der Waals surface area contributed by atoms with Gasteiger partial charge in [-0.05, 0) is 12.8 Å². The van der Waals surface area contributed by atoms with Crippen LogP contribution < -0.4 is 5.32 Å². The second kappa shape index (κ2) is 5.65. The SMILES string of the molecule is O=C(O)[C@@H]1[C@H](C(=O)NCCn2cc(Cl)cn2)[C@H]2CC[C@H]1O2. The molecule has 2 bridgehead atoms. The van der Waals surface area contributed by atoms with Gasteiger partial charge in [0.25, 0.3) is 0 Å². The summed E-state index contributed by atoms with van der Waals surface area (Å²) >= 11 is 5.75. The van der Waals surface area contributed by atoms with E-state index in [1.54, 1.807) is 10.9 Å². The monoisotopic (exact) mass is 313 g/mol. The molecule has 2 fully saturated rings. The van der Waals surface area contributed by atoms with Crippen molar-refractivity contribution in [3.8, 4) is 0 Å². The highest BCUT2D eigenvalue weighted by Gasteiger charge is 2.55. The maximum Gasteiger partial charge on any atom is 0.310 e. The summed E-state index contributed by atoms with van der Waals surface area (Å²) in [5.41, 5.74) is 0. The van der Waals surface area contributed by atoms with Gasteiger partial charge in [0.2, 0.25) is 5.91 Å². The zero-order valence-corrected chi connectivity index (χ0v) is 12.0. The van der Waals surface area contributed by atoms with Gasteiger partial charge < -0.3 is 15.2 Å². The van der Waals surface area contributed by atoms with Gasteiger partial charge in [0, 0.05) is 12.7 Å². The van der Waals surface area contributed by atoms with E-state index in [1.165, 1.54) is 6.20 Å². The van der Waals surface area contributed by atoms with Gasteiger partial charge in [0.15, 0.2) is 0 Å². The lowest BCUT2D eigenvalue weighted by atomic mass is 9.79. The zero-order valence-electron chi connectivity index (χ0n) is 11.2. The van der Waals surface area contributed by atoms with Crippen LogP contribution in [0.5, 0.6) is 0 Å².